The van der Waals surface area contributed by atoms with Gasteiger partial charge in [-0.3, -0.25) is 0 Å². The molecule has 6 heteroatoms. The van der Waals surface area contributed by atoms with E-state index in [4.69, 9.17) is 8.23 Å². The maximum atomic E-state index is 6.31. The van der Waals surface area contributed by atoms with Crippen LogP contribution in [0.4, 0.5) is 0 Å². The SMILES string of the molecule is C=C[SiH](C)O[SiH2][Si](O[SiH3])(c1ccccc1)c1ccccc1. The van der Waals surface area contributed by atoms with E-state index in [1.165, 1.54) is 10.4 Å². The molecule has 0 spiro atoms. The first-order chi connectivity index (χ1) is 10.2. The van der Waals surface area contributed by atoms with E-state index in [2.05, 4.69) is 73.8 Å². The summed E-state index contributed by atoms with van der Waals surface area (Å²) in [6.07, 6.45) is 0. The van der Waals surface area contributed by atoms with Crippen molar-refractivity contribution in [3.63, 3.8) is 0 Å². The fourth-order valence-electron chi connectivity index (χ4n) is 2.36. The minimum absolute atomic E-state index is 0.733. The monoisotopic (exact) mass is 346 g/mol. The van der Waals surface area contributed by atoms with E-state index in [-0.39, 0.29) is 0 Å². The second kappa shape index (κ2) is 7.83. The highest BCUT2D eigenvalue weighted by atomic mass is 29.2. The molecule has 2 nitrogen and oxygen atoms in total. The van der Waals surface area contributed by atoms with Crippen LogP contribution in [-0.2, 0) is 8.23 Å². The van der Waals surface area contributed by atoms with Crippen LogP contribution in [0.3, 0.4) is 0 Å². The molecule has 0 heterocycles. The molecule has 0 bridgehead atoms. The topological polar surface area (TPSA) is 18.5 Å². The molecule has 0 aliphatic carbocycles. The molecule has 0 aliphatic rings. The van der Waals surface area contributed by atoms with Gasteiger partial charge < -0.3 is 8.23 Å². The van der Waals surface area contributed by atoms with Crippen LogP contribution in [-0.4, -0.2) is 36.6 Å². The molecular formula is C15H22O2Si4. The maximum absolute atomic E-state index is 6.31. The molecular weight excluding hydrogens is 325 g/mol. The molecule has 0 aromatic heterocycles. The van der Waals surface area contributed by atoms with Gasteiger partial charge in [0.25, 0.3) is 7.83 Å². The van der Waals surface area contributed by atoms with Crippen LogP contribution in [0.1, 0.15) is 0 Å². The zero-order valence-electron chi connectivity index (χ0n) is 12.7. The minimum atomic E-state index is -2.14. The molecule has 2 aromatic carbocycles. The van der Waals surface area contributed by atoms with Crippen molar-refractivity contribution >= 4 is 47.0 Å². The molecule has 0 amide bonds. The summed E-state index contributed by atoms with van der Waals surface area (Å²) < 4.78 is 12.6. The Kier molecular flexibility index (Phi) is 6.09. The molecule has 0 radical (unpaired) electrons. The van der Waals surface area contributed by atoms with Crippen LogP contribution in [0, 0.1) is 0 Å². The second-order valence-corrected chi connectivity index (χ2v) is 16.8. The molecule has 0 saturated carbocycles. The quantitative estimate of drug-likeness (QED) is 0.642. The van der Waals surface area contributed by atoms with Gasteiger partial charge in [-0.25, -0.2) is 0 Å². The van der Waals surface area contributed by atoms with Gasteiger partial charge in [0.15, 0.2) is 18.3 Å². The molecule has 2 rings (SSSR count). The van der Waals surface area contributed by atoms with Crippen LogP contribution in [0.15, 0.2) is 72.9 Å². The van der Waals surface area contributed by atoms with E-state index in [1.54, 1.807) is 0 Å². The lowest BCUT2D eigenvalue weighted by molar-refractivity contribution is 0.607. The number of hydrogen-bond acceptors (Lipinski definition) is 2. The zero-order valence-corrected chi connectivity index (χ0v) is 18.2. The summed E-state index contributed by atoms with van der Waals surface area (Å²) in [6.45, 7) is 6.06. The van der Waals surface area contributed by atoms with Gasteiger partial charge in [0, 0.05) is 0 Å². The predicted molar refractivity (Wildman–Crippen MR) is 102 cm³/mol. The molecule has 21 heavy (non-hydrogen) atoms. The maximum Gasteiger partial charge on any atom is 0.252 e. The fourth-order valence-corrected chi connectivity index (χ4v) is 17.3. The summed E-state index contributed by atoms with van der Waals surface area (Å²) >= 11 is 0. The Morgan fingerprint density at radius 3 is 1.90 bits per heavy atom. The van der Waals surface area contributed by atoms with Gasteiger partial charge in [-0.2, -0.15) is 0 Å². The highest BCUT2D eigenvalue weighted by molar-refractivity contribution is 7.34. The molecule has 1 unspecified atom stereocenters. The lowest BCUT2D eigenvalue weighted by Gasteiger charge is -2.31. The Morgan fingerprint density at radius 1 is 1.05 bits per heavy atom. The first-order valence-corrected chi connectivity index (χ1v) is 15.1. The number of rotatable bonds is 7. The van der Waals surface area contributed by atoms with Crippen molar-refractivity contribution in [2.45, 2.75) is 6.55 Å². The van der Waals surface area contributed by atoms with Gasteiger partial charge in [0.1, 0.15) is 10.5 Å². The lowest BCUT2D eigenvalue weighted by Crippen LogP contribution is -2.66. The van der Waals surface area contributed by atoms with Crippen molar-refractivity contribution in [3.8, 4) is 0 Å². The molecule has 0 saturated heterocycles. The highest BCUT2D eigenvalue weighted by Gasteiger charge is 2.39. The van der Waals surface area contributed by atoms with Crippen LogP contribution >= 0.6 is 0 Å². The fraction of sp³-hybridized carbons (Fsp3) is 0.0667. The largest absolute Gasteiger partial charge is 0.459 e. The van der Waals surface area contributed by atoms with Gasteiger partial charge in [0.2, 0.25) is 0 Å². The summed E-state index contributed by atoms with van der Waals surface area (Å²) in [5.74, 6) is 0. The van der Waals surface area contributed by atoms with E-state index in [0.29, 0.717) is 0 Å². The lowest BCUT2D eigenvalue weighted by atomic mass is 10.4. The van der Waals surface area contributed by atoms with Gasteiger partial charge >= 0.3 is 0 Å². The molecule has 0 fully saturated rings. The molecule has 110 valence electrons. The van der Waals surface area contributed by atoms with Crippen LogP contribution in [0.25, 0.3) is 0 Å². The smallest absolute Gasteiger partial charge is 0.252 e. The third-order valence-electron chi connectivity index (χ3n) is 3.71. The van der Waals surface area contributed by atoms with E-state index < -0.39 is 26.2 Å². The van der Waals surface area contributed by atoms with Gasteiger partial charge in [0.05, 0.1) is 0 Å². The van der Waals surface area contributed by atoms with E-state index in [1.807, 2.05) is 5.70 Å². The minimum Gasteiger partial charge on any atom is -0.459 e. The zero-order chi connectivity index (χ0) is 15.1. The molecule has 0 aliphatic heterocycles. The Balaban J connectivity index is 2.44. The third kappa shape index (κ3) is 3.79. The summed E-state index contributed by atoms with van der Waals surface area (Å²) in [5.41, 5.74) is 2.00. The molecule has 2 aromatic rings. The first-order valence-electron chi connectivity index (χ1n) is 7.13. The van der Waals surface area contributed by atoms with Crippen molar-refractivity contribution < 1.29 is 8.23 Å². The second-order valence-electron chi connectivity index (χ2n) is 5.02. The van der Waals surface area contributed by atoms with Crippen LogP contribution in [0.5, 0.6) is 0 Å². The summed E-state index contributed by atoms with van der Waals surface area (Å²) in [5, 5.41) is 2.67. The van der Waals surface area contributed by atoms with E-state index >= 15 is 0 Å². The van der Waals surface area contributed by atoms with Crippen molar-refractivity contribution in [2.75, 3.05) is 0 Å². The number of hydrogen-bond donors (Lipinski definition) is 0. The van der Waals surface area contributed by atoms with Gasteiger partial charge in [-0.15, -0.1) is 6.58 Å². The highest BCUT2D eigenvalue weighted by Crippen LogP contribution is 2.06. The molecule has 0 N–H and O–H groups in total. The predicted octanol–water partition coefficient (Wildman–Crippen LogP) is -0.281. The average molecular weight is 347 g/mol. The van der Waals surface area contributed by atoms with Gasteiger partial charge in [-0.1, -0.05) is 66.4 Å². The summed E-state index contributed by atoms with van der Waals surface area (Å²) in [4.78, 5) is 0. The van der Waals surface area contributed by atoms with Crippen molar-refractivity contribution in [2.24, 2.45) is 0 Å². The standard InChI is InChI=1S/C15H22O2Si4/c1-3-20(2)17-19-21(16-18,14-10-6-4-7-11-14)15-12-8-5-9-13-15/h3-13,20H,1,19H2,2,18H3. The summed E-state index contributed by atoms with van der Waals surface area (Å²) in [7, 11) is -3.44. The van der Waals surface area contributed by atoms with Crippen molar-refractivity contribution in [1.82, 2.24) is 0 Å². The van der Waals surface area contributed by atoms with E-state index in [9.17, 15) is 0 Å². The van der Waals surface area contributed by atoms with Crippen molar-refractivity contribution in [3.05, 3.63) is 72.9 Å². The Labute approximate surface area is 135 Å². The number of benzene rings is 2. The average Bonchev–Trinajstić information content (AvgIpc) is 2.57. The Hall–Kier alpha value is -1.03. The molecule has 1 atom stereocenters. The first kappa shape index (κ1) is 16.3. The summed E-state index contributed by atoms with van der Waals surface area (Å²) in [6, 6.07) is 21.3. The van der Waals surface area contributed by atoms with E-state index in [0.717, 1.165) is 10.5 Å². The normalized spacial score (nSPS) is 13.6. The third-order valence-corrected chi connectivity index (χ3v) is 20.6. The van der Waals surface area contributed by atoms with Crippen LogP contribution < -0.4 is 10.4 Å². The van der Waals surface area contributed by atoms with Gasteiger partial charge in [-0.05, 0) is 16.9 Å². The van der Waals surface area contributed by atoms with Crippen molar-refractivity contribution in [1.29, 1.82) is 0 Å². The Bertz CT molecular complexity index is 523. The van der Waals surface area contributed by atoms with Crippen LogP contribution in [0.2, 0.25) is 6.55 Å². The Morgan fingerprint density at radius 2 is 1.52 bits per heavy atom.